The Balaban J connectivity index is 1.64. The van der Waals surface area contributed by atoms with Gasteiger partial charge in [-0.3, -0.25) is 0 Å². The highest BCUT2D eigenvalue weighted by Gasteiger charge is 2.16. The third-order valence-corrected chi connectivity index (χ3v) is 5.12. The predicted octanol–water partition coefficient (Wildman–Crippen LogP) is 7.05. The molecule has 0 saturated heterocycles. The van der Waals surface area contributed by atoms with Crippen LogP contribution in [0.1, 0.15) is 5.56 Å². The molecule has 30 heavy (non-hydrogen) atoms. The van der Waals surface area contributed by atoms with Gasteiger partial charge in [-0.1, -0.05) is 90.5 Å². The molecule has 0 atom stereocenters. The van der Waals surface area contributed by atoms with E-state index in [1.165, 1.54) is 5.56 Å². The summed E-state index contributed by atoms with van der Waals surface area (Å²) in [7, 11) is 0. The molecule has 144 valence electrons. The van der Waals surface area contributed by atoms with E-state index < -0.39 is 0 Å². The van der Waals surface area contributed by atoms with Crippen molar-refractivity contribution in [2.24, 2.45) is 0 Å². The van der Waals surface area contributed by atoms with E-state index in [1.807, 2.05) is 72.8 Å². The lowest BCUT2D eigenvalue weighted by molar-refractivity contribution is 0.597. The molecule has 0 bridgehead atoms. The van der Waals surface area contributed by atoms with E-state index in [0.717, 1.165) is 45.2 Å². The van der Waals surface area contributed by atoms with Gasteiger partial charge in [-0.25, -0.2) is 0 Å². The van der Waals surface area contributed by atoms with E-state index in [-0.39, 0.29) is 0 Å². The lowest BCUT2D eigenvalue weighted by Crippen LogP contribution is -1.95. The van der Waals surface area contributed by atoms with Crippen LogP contribution >= 0.6 is 0 Å². The SMILES string of the molecule is Cc1ccc(-c2ccc(-c3cc(-c4ccccc4)nnc3-c3ccccc3)o2)cc1. The number of nitrogens with zero attached hydrogens (tertiary/aromatic N) is 2. The standard InChI is InChI=1S/C27H20N2O/c1-19-12-14-21(15-13-19)25-16-17-26(30-25)23-18-24(20-8-4-2-5-9-20)28-29-27(23)22-10-6-3-7-11-22/h2-18H,1H3. The van der Waals surface area contributed by atoms with Gasteiger partial charge in [-0.05, 0) is 25.1 Å². The molecule has 0 fully saturated rings. The van der Waals surface area contributed by atoms with Crippen LogP contribution in [-0.4, -0.2) is 10.2 Å². The van der Waals surface area contributed by atoms with Crippen LogP contribution in [-0.2, 0) is 0 Å². The molecular weight excluding hydrogens is 368 g/mol. The van der Waals surface area contributed by atoms with Crippen molar-refractivity contribution in [3.8, 4) is 45.2 Å². The minimum Gasteiger partial charge on any atom is -0.456 e. The largest absolute Gasteiger partial charge is 0.456 e. The minimum absolute atomic E-state index is 0.775. The van der Waals surface area contributed by atoms with Crippen molar-refractivity contribution >= 4 is 0 Å². The van der Waals surface area contributed by atoms with Crippen molar-refractivity contribution in [2.75, 3.05) is 0 Å². The summed E-state index contributed by atoms with van der Waals surface area (Å²) in [5.41, 5.74) is 6.86. The Morgan fingerprint density at radius 2 is 1.20 bits per heavy atom. The molecule has 0 amide bonds. The first-order valence-electron chi connectivity index (χ1n) is 9.94. The lowest BCUT2D eigenvalue weighted by Gasteiger charge is -2.09. The van der Waals surface area contributed by atoms with Crippen LogP contribution in [0.3, 0.4) is 0 Å². The number of aryl methyl sites for hydroxylation is 1. The van der Waals surface area contributed by atoms with Gasteiger partial charge in [-0.2, -0.15) is 0 Å². The number of benzene rings is 3. The third kappa shape index (κ3) is 3.53. The molecule has 3 heteroatoms. The molecule has 2 aromatic heterocycles. The maximum absolute atomic E-state index is 6.28. The van der Waals surface area contributed by atoms with Crippen molar-refractivity contribution in [2.45, 2.75) is 6.92 Å². The zero-order valence-corrected chi connectivity index (χ0v) is 16.6. The summed E-state index contributed by atoms with van der Waals surface area (Å²) < 4.78 is 6.28. The number of furan rings is 1. The van der Waals surface area contributed by atoms with Crippen LogP contribution in [0.25, 0.3) is 45.2 Å². The minimum atomic E-state index is 0.775. The zero-order chi connectivity index (χ0) is 20.3. The molecule has 0 N–H and O–H groups in total. The Labute approximate surface area is 175 Å². The van der Waals surface area contributed by atoms with Crippen molar-refractivity contribution in [3.63, 3.8) is 0 Å². The molecule has 0 radical (unpaired) electrons. The molecule has 3 nitrogen and oxygen atoms in total. The van der Waals surface area contributed by atoms with Crippen molar-refractivity contribution < 1.29 is 4.42 Å². The average Bonchev–Trinajstić information content (AvgIpc) is 3.30. The van der Waals surface area contributed by atoms with Gasteiger partial charge >= 0.3 is 0 Å². The molecule has 0 aliphatic heterocycles. The highest BCUT2D eigenvalue weighted by atomic mass is 16.3. The number of aromatic nitrogens is 2. The first-order chi connectivity index (χ1) is 14.8. The third-order valence-electron chi connectivity index (χ3n) is 5.12. The van der Waals surface area contributed by atoms with Gasteiger partial charge < -0.3 is 4.42 Å². The summed E-state index contributed by atoms with van der Waals surface area (Å²) in [6, 6.07) is 34.6. The Hall–Kier alpha value is -3.98. The Morgan fingerprint density at radius 1 is 0.567 bits per heavy atom. The summed E-state index contributed by atoms with van der Waals surface area (Å²) in [6.45, 7) is 2.08. The number of hydrogen-bond donors (Lipinski definition) is 0. The quantitative estimate of drug-likeness (QED) is 0.331. The van der Waals surface area contributed by atoms with Gasteiger partial charge in [0.05, 0.1) is 5.69 Å². The highest BCUT2D eigenvalue weighted by molar-refractivity contribution is 5.81. The van der Waals surface area contributed by atoms with Crippen LogP contribution in [0.4, 0.5) is 0 Å². The Kier molecular flexibility index (Phi) is 4.70. The van der Waals surface area contributed by atoms with Crippen molar-refractivity contribution in [3.05, 3.63) is 109 Å². The molecule has 0 spiro atoms. The summed E-state index contributed by atoms with van der Waals surface area (Å²) in [5.74, 6) is 1.61. The molecule has 0 unspecified atom stereocenters. The second-order valence-corrected chi connectivity index (χ2v) is 7.25. The van der Waals surface area contributed by atoms with Gasteiger partial charge in [-0.15, -0.1) is 10.2 Å². The van der Waals surface area contributed by atoms with Crippen LogP contribution in [0.2, 0.25) is 0 Å². The van der Waals surface area contributed by atoms with E-state index in [4.69, 9.17) is 4.42 Å². The van der Waals surface area contributed by atoms with E-state index >= 15 is 0 Å². The average molecular weight is 388 g/mol. The monoisotopic (exact) mass is 388 g/mol. The van der Waals surface area contributed by atoms with Gasteiger partial charge in [0.25, 0.3) is 0 Å². The molecule has 0 aliphatic rings. The van der Waals surface area contributed by atoms with Crippen molar-refractivity contribution in [1.29, 1.82) is 0 Å². The first-order valence-corrected chi connectivity index (χ1v) is 9.94. The van der Waals surface area contributed by atoms with Crippen LogP contribution in [0.5, 0.6) is 0 Å². The molecular formula is C27H20N2O. The van der Waals surface area contributed by atoms with E-state index in [0.29, 0.717) is 0 Å². The zero-order valence-electron chi connectivity index (χ0n) is 16.6. The van der Waals surface area contributed by atoms with Crippen LogP contribution < -0.4 is 0 Å². The number of rotatable bonds is 4. The maximum atomic E-state index is 6.28. The molecule has 5 rings (SSSR count). The molecule has 0 saturated carbocycles. The van der Waals surface area contributed by atoms with Crippen molar-refractivity contribution in [1.82, 2.24) is 10.2 Å². The van der Waals surface area contributed by atoms with Crippen LogP contribution in [0.15, 0.2) is 108 Å². The maximum Gasteiger partial charge on any atom is 0.137 e. The predicted molar refractivity (Wildman–Crippen MR) is 121 cm³/mol. The van der Waals surface area contributed by atoms with Gasteiger partial charge in [0.2, 0.25) is 0 Å². The van der Waals surface area contributed by atoms with E-state index in [9.17, 15) is 0 Å². The fourth-order valence-corrected chi connectivity index (χ4v) is 3.49. The Morgan fingerprint density at radius 3 is 1.90 bits per heavy atom. The lowest BCUT2D eigenvalue weighted by atomic mass is 10.0. The normalized spacial score (nSPS) is 10.8. The van der Waals surface area contributed by atoms with Gasteiger partial charge in [0.15, 0.2) is 0 Å². The molecule has 5 aromatic rings. The highest BCUT2D eigenvalue weighted by Crippen LogP contribution is 2.35. The molecule has 0 aliphatic carbocycles. The second-order valence-electron chi connectivity index (χ2n) is 7.25. The summed E-state index contributed by atoms with van der Waals surface area (Å²) in [6.07, 6.45) is 0. The summed E-state index contributed by atoms with van der Waals surface area (Å²) in [4.78, 5) is 0. The fraction of sp³-hybridized carbons (Fsp3) is 0.0370. The van der Waals surface area contributed by atoms with Gasteiger partial charge in [0.1, 0.15) is 17.2 Å². The number of hydrogen-bond acceptors (Lipinski definition) is 3. The smallest absolute Gasteiger partial charge is 0.137 e. The topological polar surface area (TPSA) is 38.9 Å². The van der Waals surface area contributed by atoms with E-state index in [1.54, 1.807) is 0 Å². The van der Waals surface area contributed by atoms with Crippen LogP contribution in [0, 0.1) is 6.92 Å². The molecule has 3 aromatic carbocycles. The fourth-order valence-electron chi connectivity index (χ4n) is 3.49. The summed E-state index contributed by atoms with van der Waals surface area (Å²) >= 11 is 0. The summed E-state index contributed by atoms with van der Waals surface area (Å²) in [5, 5.41) is 9.08. The second kappa shape index (κ2) is 7.80. The first kappa shape index (κ1) is 18.1. The molecule has 2 heterocycles. The van der Waals surface area contributed by atoms with Gasteiger partial charge in [0, 0.05) is 22.3 Å². The Bertz CT molecular complexity index is 1270. The van der Waals surface area contributed by atoms with E-state index in [2.05, 4.69) is 47.5 Å².